The molecule has 0 atom stereocenters. The molecule has 0 spiro atoms. The molecule has 1 aliphatic rings. The fourth-order valence-corrected chi connectivity index (χ4v) is 2.75. The van der Waals surface area contributed by atoms with E-state index in [1.54, 1.807) is 12.1 Å². The molecule has 1 amide bonds. The number of ether oxygens (including phenoxy) is 2. The fourth-order valence-electron chi connectivity index (χ4n) is 2.28. The van der Waals surface area contributed by atoms with Crippen molar-refractivity contribution in [3.8, 4) is 5.75 Å². The van der Waals surface area contributed by atoms with E-state index in [2.05, 4.69) is 5.32 Å². The third-order valence-electron chi connectivity index (χ3n) is 3.78. The maximum Gasteiger partial charge on any atom is 0.311 e. The normalized spacial score (nSPS) is 16.6. The summed E-state index contributed by atoms with van der Waals surface area (Å²) in [6.07, 6.45) is 0.735. The average Bonchev–Trinajstić information content (AvgIpc) is 2.53. The quantitative estimate of drug-likeness (QED) is 0.812. The molecule has 1 heterocycles. The van der Waals surface area contributed by atoms with E-state index >= 15 is 0 Å². The van der Waals surface area contributed by atoms with Crippen molar-refractivity contribution in [2.24, 2.45) is 5.41 Å². The molecule has 0 aliphatic carbocycles. The molecule has 23 heavy (non-hydrogen) atoms. The Kier molecular flexibility index (Phi) is 6.10. The van der Waals surface area contributed by atoms with Crippen molar-refractivity contribution < 1.29 is 24.2 Å². The van der Waals surface area contributed by atoms with Crippen LogP contribution in [0.15, 0.2) is 18.2 Å². The lowest BCUT2D eigenvalue weighted by molar-refractivity contribution is -0.154. The summed E-state index contributed by atoms with van der Waals surface area (Å²) in [6.45, 7) is 0.536. The van der Waals surface area contributed by atoms with Crippen molar-refractivity contribution in [3.05, 3.63) is 28.2 Å². The minimum absolute atomic E-state index is 0.0439. The number of halogens is 2. The van der Waals surface area contributed by atoms with Gasteiger partial charge in [-0.1, -0.05) is 23.2 Å². The Morgan fingerprint density at radius 2 is 2.00 bits per heavy atom. The summed E-state index contributed by atoms with van der Waals surface area (Å²) in [4.78, 5) is 23.3. The number of carbonyl (C=O) groups is 2. The second-order valence-corrected chi connectivity index (χ2v) is 6.18. The van der Waals surface area contributed by atoms with Crippen molar-refractivity contribution in [3.63, 3.8) is 0 Å². The average molecular weight is 362 g/mol. The van der Waals surface area contributed by atoms with Crippen LogP contribution in [0.3, 0.4) is 0 Å². The largest absolute Gasteiger partial charge is 0.482 e. The van der Waals surface area contributed by atoms with Crippen LogP contribution in [0.5, 0.6) is 5.75 Å². The van der Waals surface area contributed by atoms with Crippen LogP contribution < -0.4 is 10.1 Å². The minimum atomic E-state index is -0.980. The molecule has 1 aliphatic heterocycles. The first-order valence-corrected chi connectivity index (χ1v) is 7.84. The molecule has 0 aromatic heterocycles. The van der Waals surface area contributed by atoms with Crippen LogP contribution in [0.4, 0.5) is 0 Å². The second-order valence-electron chi connectivity index (χ2n) is 5.34. The van der Waals surface area contributed by atoms with Gasteiger partial charge in [0.1, 0.15) is 5.75 Å². The van der Waals surface area contributed by atoms with Crippen molar-refractivity contribution in [1.82, 2.24) is 5.32 Å². The number of hydrogen-bond donors (Lipinski definition) is 2. The highest BCUT2D eigenvalue weighted by molar-refractivity contribution is 6.35. The predicted molar refractivity (Wildman–Crippen MR) is 85.1 cm³/mol. The first kappa shape index (κ1) is 17.8. The van der Waals surface area contributed by atoms with Crippen LogP contribution in [0.1, 0.15) is 12.8 Å². The summed E-state index contributed by atoms with van der Waals surface area (Å²) in [6, 6.07) is 4.68. The summed E-state index contributed by atoms with van der Waals surface area (Å²) >= 11 is 11.7. The zero-order valence-electron chi connectivity index (χ0n) is 12.3. The monoisotopic (exact) mass is 361 g/mol. The summed E-state index contributed by atoms with van der Waals surface area (Å²) < 4.78 is 10.5. The molecule has 1 aromatic carbocycles. The zero-order chi connectivity index (χ0) is 16.9. The van der Waals surface area contributed by atoms with Gasteiger partial charge in [0.25, 0.3) is 5.91 Å². The molecular formula is C15H17Cl2NO5. The molecule has 8 heteroatoms. The van der Waals surface area contributed by atoms with Crippen LogP contribution in [-0.4, -0.2) is 43.3 Å². The Balaban J connectivity index is 1.85. The highest BCUT2D eigenvalue weighted by atomic mass is 35.5. The maximum atomic E-state index is 11.9. The van der Waals surface area contributed by atoms with E-state index in [0.717, 1.165) is 0 Å². The van der Waals surface area contributed by atoms with E-state index in [9.17, 15) is 14.7 Å². The molecule has 0 unspecified atom stereocenters. The van der Waals surface area contributed by atoms with Gasteiger partial charge in [0, 0.05) is 24.8 Å². The fraction of sp³-hybridized carbons (Fsp3) is 0.467. The molecule has 126 valence electrons. The topological polar surface area (TPSA) is 84.9 Å². The van der Waals surface area contributed by atoms with Gasteiger partial charge in [-0.15, -0.1) is 0 Å². The summed E-state index contributed by atoms with van der Waals surface area (Å²) in [7, 11) is 0. The number of nitrogens with one attached hydrogen (secondary N) is 1. The van der Waals surface area contributed by atoms with Gasteiger partial charge in [0.2, 0.25) is 0 Å². The van der Waals surface area contributed by atoms with E-state index in [-0.39, 0.29) is 13.2 Å². The first-order valence-electron chi connectivity index (χ1n) is 7.09. The lowest BCUT2D eigenvalue weighted by Gasteiger charge is -2.33. The Labute approximate surface area is 143 Å². The highest BCUT2D eigenvalue weighted by Gasteiger charge is 2.40. The maximum absolute atomic E-state index is 11.9. The predicted octanol–water partition coefficient (Wildman–Crippen LogP) is 2.37. The number of carbonyl (C=O) groups excluding carboxylic acids is 1. The van der Waals surface area contributed by atoms with E-state index in [1.165, 1.54) is 6.07 Å². The smallest absolute Gasteiger partial charge is 0.311 e. The van der Waals surface area contributed by atoms with E-state index in [1.807, 2.05) is 0 Å². The van der Waals surface area contributed by atoms with Gasteiger partial charge in [-0.3, -0.25) is 9.59 Å². The van der Waals surface area contributed by atoms with Gasteiger partial charge in [-0.05, 0) is 31.0 Å². The summed E-state index contributed by atoms with van der Waals surface area (Å²) in [5.41, 5.74) is -0.980. The molecule has 1 fully saturated rings. The van der Waals surface area contributed by atoms with E-state index < -0.39 is 17.3 Å². The van der Waals surface area contributed by atoms with E-state index in [4.69, 9.17) is 32.7 Å². The molecule has 0 radical (unpaired) electrons. The zero-order valence-corrected chi connectivity index (χ0v) is 13.8. The van der Waals surface area contributed by atoms with Gasteiger partial charge in [0.15, 0.2) is 6.61 Å². The molecule has 2 rings (SSSR count). The third kappa shape index (κ3) is 4.73. The van der Waals surface area contributed by atoms with Crippen LogP contribution in [0.2, 0.25) is 10.0 Å². The van der Waals surface area contributed by atoms with Crippen molar-refractivity contribution in [2.75, 3.05) is 26.4 Å². The number of hydrogen-bond acceptors (Lipinski definition) is 4. The Morgan fingerprint density at radius 1 is 1.30 bits per heavy atom. The van der Waals surface area contributed by atoms with Gasteiger partial charge in [-0.25, -0.2) is 0 Å². The number of carboxylic acids is 1. The van der Waals surface area contributed by atoms with E-state index in [0.29, 0.717) is 41.9 Å². The number of aliphatic carboxylic acids is 1. The summed E-state index contributed by atoms with van der Waals surface area (Å²) in [5, 5.41) is 12.8. The molecule has 0 saturated carbocycles. The Bertz CT molecular complexity index is 587. The molecule has 1 aromatic rings. The summed E-state index contributed by atoms with van der Waals surface area (Å²) in [5.74, 6) is -1.00. The van der Waals surface area contributed by atoms with Crippen LogP contribution >= 0.6 is 23.2 Å². The van der Waals surface area contributed by atoms with Gasteiger partial charge in [0.05, 0.1) is 10.4 Å². The van der Waals surface area contributed by atoms with Gasteiger partial charge < -0.3 is 19.9 Å². The number of amides is 1. The van der Waals surface area contributed by atoms with Crippen molar-refractivity contribution >= 4 is 35.1 Å². The van der Waals surface area contributed by atoms with Crippen LogP contribution in [-0.2, 0) is 14.3 Å². The molecular weight excluding hydrogens is 345 g/mol. The number of rotatable bonds is 6. The standard InChI is InChI=1S/C15H17Cl2NO5/c16-10-1-2-12(11(17)7-10)23-8-13(19)18-9-15(14(20)21)3-5-22-6-4-15/h1-2,7H,3-6,8-9H2,(H,18,19)(H,20,21). The Hall–Kier alpha value is -1.50. The number of benzene rings is 1. The molecule has 0 bridgehead atoms. The van der Waals surface area contributed by atoms with Crippen LogP contribution in [0.25, 0.3) is 0 Å². The lowest BCUT2D eigenvalue weighted by Crippen LogP contribution is -2.47. The van der Waals surface area contributed by atoms with Crippen molar-refractivity contribution in [2.45, 2.75) is 12.8 Å². The Morgan fingerprint density at radius 3 is 2.61 bits per heavy atom. The lowest BCUT2D eigenvalue weighted by atomic mass is 9.80. The first-order chi connectivity index (χ1) is 10.9. The molecule has 2 N–H and O–H groups in total. The second kappa shape index (κ2) is 7.86. The number of carboxylic acid groups (broad SMARTS) is 1. The van der Waals surface area contributed by atoms with Crippen molar-refractivity contribution in [1.29, 1.82) is 0 Å². The van der Waals surface area contributed by atoms with Crippen LogP contribution in [0, 0.1) is 5.41 Å². The minimum Gasteiger partial charge on any atom is -0.482 e. The highest BCUT2D eigenvalue weighted by Crippen LogP contribution is 2.30. The molecule has 6 nitrogen and oxygen atoms in total. The van der Waals surface area contributed by atoms with Gasteiger partial charge >= 0.3 is 5.97 Å². The van der Waals surface area contributed by atoms with Gasteiger partial charge in [-0.2, -0.15) is 0 Å². The SMILES string of the molecule is O=C(COc1ccc(Cl)cc1Cl)NCC1(C(=O)O)CCOCC1. The third-order valence-corrected chi connectivity index (χ3v) is 4.31. The molecule has 1 saturated heterocycles.